The monoisotopic (exact) mass is 439 g/mol. The molecule has 1 heterocycles. The highest BCUT2D eigenvalue weighted by Gasteiger charge is 2.39. The number of carbonyl (C=O) groups excluding carboxylic acids is 2. The summed E-state index contributed by atoms with van der Waals surface area (Å²) < 4.78 is 13.8. The van der Waals surface area contributed by atoms with E-state index in [1.54, 1.807) is 17.5 Å². The second kappa shape index (κ2) is 8.26. The third-order valence-corrected chi connectivity index (χ3v) is 6.16. The molecule has 1 saturated carbocycles. The van der Waals surface area contributed by atoms with E-state index in [9.17, 15) is 14.0 Å². The third-order valence-electron chi connectivity index (χ3n) is 4.49. The van der Waals surface area contributed by atoms with E-state index in [1.807, 2.05) is 5.38 Å². The lowest BCUT2D eigenvalue weighted by Gasteiger charge is -2.28. The van der Waals surface area contributed by atoms with Crippen molar-refractivity contribution >= 4 is 39.1 Å². The van der Waals surface area contributed by atoms with Crippen molar-refractivity contribution in [2.24, 2.45) is 0 Å². The van der Waals surface area contributed by atoms with Crippen molar-refractivity contribution in [1.82, 2.24) is 15.6 Å². The van der Waals surface area contributed by atoms with Crippen LogP contribution in [0, 0.1) is 5.82 Å². The van der Waals surface area contributed by atoms with Gasteiger partial charge >= 0.3 is 0 Å². The van der Waals surface area contributed by atoms with Gasteiger partial charge in [0.25, 0.3) is 5.91 Å². The van der Waals surface area contributed by atoms with Crippen LogP contribution in [-0.2, 0) is 10.3 Å². The predicted molar refractivity (Wildman–Crippen MR) is 101 cm³/mol. The molecule has 3 rings (SSSR count). The number of hydrogen-bond acceptors (Lipinski definition) is 4. The summed E-state index contributed by atoms with van der Waals surface area (Å²) in [6.45, 7) is 0.182. The van der Waals surface area contributed by atoms with Gasteiger partial charge in [-0.05, 0) is 47.0 Å². The molecule has 2 aromatic rings. The first-order valence-corrected chi connectivity index (χ1v) is 10.1. The van der Waals surface area contributed by atoms with E-state index < -0.39 is 11.7 Å². The van der Waals surface area contributed by atoms with E-state index in [0.717, 1.165) is 36.8 Å². The lowest BCUT2D eigenvalue weighted by atomic mass is 9.98. The van der Waals surface area contributed by atoms with Gasteiger partial charge < -0.3 is 10.6 Å². The number of aromatic nitrogens is 1. The molecule has 0 bridgehead atoms. The molecule has 8 heteroatoms. The Morgan fingerprint density at radius 2 is 2.08 bits per heavy atom. The quantitative estimate of drug-likeness (QED) is 0.719. The summed E-state index contributed by atoms with van der Waals surface area (Å²) in [6.07, 6.45) is 5.80. The maximum atomic E-state index is 13.3. The summed E-state index contributed by atoms with van der Waals surface area (Å²) in [5.74, 6) is -1.02. The number of thiazole rings is 1. The molecular formula is C18H19BrFN3O2S. The molecule has 1 aromatic heterocycles. The van der Waals surface area contributed by atoms with Gasteiger partial charge in [-0.3, -0.25) is 9.59 Å². The molecule has 1 aromatic carbocycles. The molecule has 1 aliphatic carbocycles. The lowest BCUT2D eigenvalue weighted by Crippen LogP contribution is -2.44. The number of amides is 2. The molecule has 2 amide bonds. The zero-order chi connectivity index (χ0) is 18.6. The van der Waals surface area contributed by atoms with Crippen molar-refractivity contribution in [1.29, 1.82) is 0 Å². The van der Waals surface area contributed by atoms with Gasteiger partial charge in [0.1, 0.15) is 10.8 Å². The Balaban J connectivity index is 1.54. The highest BCUT2D eigenvalue weighted by molar-refractivity contribution is 9.10. The van der Waals surface area contributed by atoms with Crippen molar-refractivity contribution in [3.05, 3.63) is 50.6 Å². The minimum absolute atomic E-state index is 0.124. The highest BCUT2D eigenvalue weighted by Crippen LogP contribution is 2.39. The van der Waals surface area contributed by atoms with Crippen LogP contribution >= 0.6 is 27.3 Å². The zero-order valence-electron chi connectivity index (χ0n) is 14.1. The van der Waals surface area contributed by atoms with Crippen molar-refractivity contribution < 1.29 is 14.0 Å². The number of nitrogens with one attached hydrogen (secondary N) is 2. The van der Waals surface area contributed by atoms with Crippen LogP contribution in [0.15, 0.2) is 34.2 Å². The van der Waals surface area contributed by atoms with E-state index in [1.165, 1.54) is 12.1 Å². The Labute approximate surface area is 163 Å². The fraction of sp³-hybridized carbons (Fsp3) is 0.389. The largest absolute Gasteiger partial charge is 0.351 e. The topological polar surface area (TPSA) is 71.1 Å². The summed E-state index contributed by atoms with van der Waals surface area (Å²) in [4.78, 5) is 28.9. The van der Waals surface area contributed by atoms with E-state index >= 15 is 0 Å². The Kier molecular flexibility index (Phi) is 6.03. The molecule has 0 aliphatic heterocycles. The SMILES string of the molecule is O=C(CCNC(=O)c1cc(F)ccc1Br)NC1(c2nccs2)CCCC1. The first-order valence-electron chi connectivity index (χ1n) is 8.44. The van der Waals surface area contributed by atoms with Crippen LogP contribution in [0.1, 0.15) is 47.5 Å². The predicted octanol–water partition coefficient (Wildman–Crippen LogP) is 3.75. The standard InChI is InChI=1S/C18H19BrFN3O2S/c19-14-4-3-12(20)11-13(14)16(25)21-8-5-15(24)23-18(6-1-2-7-18)17-22-9-10-26-17/h3-4,9-11H,1-2,5-8H2,(H,21,25)(H,23,24). The summed E-state index contributed by atoms with van der Waals surface area (Å²) in [5, 5.41) is 8.63. The highest BCUT2D eigenvalue weighted by atomic mass is 79.9. The normalized spacial score (nSPS) is 15.6. The molecule has 138 valence electrons. The van der Waals surface area contributed by atoms with Crippen LogP contribution in [0.4, 0.5) is 4.39 Å². The lowest BCUT2D eigenvalue weighted by molar-refractivity contribution is -0.123. The van der Waals surface area contributed by atoms with Gasteiger partial charge in [0.15, 0.2) is 0 Å². The molecule has 1 fully saturated rings. The summed E-state index contributed by atoms with van der Waals surface area (Å²) >= 11 is 4.78. The van der Waals surface area contributed by atoms with Crippen molar-refractivity contribution in [3.8, 4) is 0 Å². The average molecular weight is 440 g/mol. The molecule has 2 N–H and O–H groups in total. The van der Waals surface area contributed by atoms with Gasteiger partial charge in [0.2, 0.25) is 5.91 Å². The molecule has 0 unspecified atom stereocenters. The van der Waals surface area contributed by atoms with Crippen LogP contribution in [0.5, 0.6) is 0 Å². The average Bonchev–Trinajstić information content (AvgIpc) is 3.29. The number of rotatable bonds is 6. The third kappa shape index (κ3) is 4.29. The van der Waals surface area contributed by atoms with Crippen LogP contribution in [0.3, 0.4) is 0 Å². The van der Waals surface area contributed by atoms with Gasteiger partial charge in [0, 0.05) is 29.0 Å². The fourth-order valence-corrected chi connectivity index (χ4v) is 4.50. The van der Waals surface area contributed by atoms with Crippen LogP contribution in [0.25, 0.3) is 0 Å². The first-order chi connectivity index (χ1) is 12.5. The molecule has 0 spiro atoms. The van der Waals surface area contributed by atoms with E-state index in [2.05, 4.69) is 31.5 Å². The number of carbonyl (C=O) groups is 2. The Bertz CT molecular complexity index is 792. The van der Waals surface area contributed by atoms with Gasteiger partial charge in [-0.15, -0.1) is 11.3 Å². The number of nitrogens with zero attached hydrogens (tertiary/aromatic N) is 1. The molecule has 0 radical (unpaired) electrons. The Morgan fingerprint density at radius 3 is 2.77 bits per heavy atom. The van der Waals surface area contributed by atoms with Gasteiger partial charge in [-0.1, -0.05) is 12.8 Å². The van der Waals surface area contributed by atoms with Crippen molar-refractivity contribution in [2.45, 2.75) is 37.6 Å². The van der Waals surface area contributed by atoms with Gasteiger partial charge in [-0.25, -0.2) is 9.37 Å². The van der Waals surface area contributed by atoms with Crippen LogP contribution in [0.2, 0.25) is 0 Å². The van der Waals surface area contributed by atoms with Gasteiger partial charge in [-0.2, -0.15) is 0 Å². The fourth-order valence-electron chi connectivity index (χ4n) is 3.22. The molecule has 5 nitrogen and oxygen atoms in total. The second-order valence-electron chi connectivity index (χ2n) is 6.30. The van der Waals surface area contributed by atoms with Crippen molar-refractivity contribution in [2.75, 3.05) is 6.54 Å². The maximum absolute atomic E-state index is 13.3. The molecule has 1 aliphatic rings. The minimum Gasteiger partial charge on any atom is -0.351 e. The number of benzene rings is 1. The molecular weight excluding hydrogens is 421 g/mol. The number of hydrogen-bond donors (Lipinski definition) is 2. The van der Waals surface area contributed by atoms with Crippen LogP contribution in [-0.4, -0.2) is 23.3 Å². The smallest absolute Gasteiger partial charge is 0.252 e. The summed E-state index contributed by atoms with van der Waals surface area (Å²) in [5.41, 5.74) is -0.165. The maximum Gasteiger partial charge on any atom is 0.252 e. The molecule has 0 atom stereocenters. The minimum atomic E-state index is -0.484. The zero-order valence-corrected chi connectivity index (χ0v) is 16.5. The van der Waals surface area contributed by atoms with Gasteiger partial charge in [0.05, 0.1) is 11.1 Å². The Morgan fingerprint density at radius 1 is 1.31 bits per heavy atom. The summed E-state index contributed by atoms with van der Waals surface area (Å²) in [6, 6.07) is 3.91. The first kappa shape index (κ1) is 19.0. The van der Waals surface area contributed by atoms with E-state index in [0.29, 0.717) is 4.47 Å². The summed E-state index contributed by atoms with van der Waals surface area (Å²) in [7, 11) is 0. The van der Waals surface area contributed by atoms with Crippen LogP contribution < -0.4 is 10.6 Å². The molecule has 0 saturated heterocycles. The Hall–Kier alpha value is -1.80. The van der Waals surface area contributed by atoms with Crippen molar-refractivity contribution in [3.63, 3.8) is 0 Å². The van der Waals surface area contributed by atoms with E-state index in [-0.39, 0.29) is 30.0 Å². The number of halogens is 2. The van der Waals surface area contributed by atoms with E-state index in [4.69, 9.17) is 0 Å². The second-order valence-corrected chi connectivity index (χ2v) is 8.05. The molecule has 26 heavy (non-hydrogen) atoms.